The van der Waals surface area contributed by atoms with Gasteiger partial charge >= 0.3 is 5.97 Å². The van der Waals surface area contributed by atoms with Crippen molar-refractivity contribution in [1.29, 1.82) is 0 Å². The molecule has 1 rings (SSSR count). The van der Waals surface area contributed by atoms with Gasteiger partial charge in [0.1, 0.15) is 11.2 Å². The lowest BCUT2D eigenvalue weighted by Crippen LogP contribution is -2.52. The second-order valence-electron chi connectivity index (χ2n) is 5.11. The lowest BCUT2D eigenvalue weighted by atomic mass is 9.96. The second kappa shape index (κ2) is 7.69. The van der Waals surface area contributed by atoms with Crippen molar-refractivity contribution in [1.82, 2.24) is 15.1 Å². The fourth-order valence-corrected chi connectivity index (χ4v) is 1.95. The van der Waals surface area contributed by atoms with Gasteiger partial charge in [-0.15, -0.1) is 0 Å². The van der Waals surface area contributed by atoms with Gasteiger partial charge < -0.3 is 15.2 Å². The predicted octanol–water partition coefficient (Wildman–Crippen LogP) is 0.263. The summed E-state index contributed by atoms with van der Waals surface area (Å²) in [5.41, 5.74) is -1.75. The average Bonchev–Trinajstić information content (AvgIpc) is 2.46. The van der Waals surface area contributed by atoms with E-state index in [1.54, 1.807) is 0 Å². The summed E-state index contributed by atoms with van der Waals surface area (Å²) in [5.74, 6) is -1.75. The Hall–Kier alpha value is -2.22. The molecule has 2 N–H and O–H groups in total. The molecular weight excluding hydrogens is 290 g/mol. The number of carbonyl (C=O) groups is 2. The summed E-state index contributed by atoms with van der Waals surface area (Å²) >= 11 is 0. The summed E-state index contributed by atoms with van der Waals surface area (Å²) in [6, 6.07) is 2.49. The van der Waals surface area contributed by atoms with Crippen LogP contribution in [0.4, 0.5) is 0 Å². The van der Waals surface area contributed by atoms with Gasteiger partial charge in [0.25, 0.3) is 11.5 Å². The van der Waals surface area contributed by atoms with E-state index in [-0.39, 0.29) is 30.8 Å². The van der Waals surface area contributed by atoms with Gasteiger partial charge in [-0.05, 0) is 19.4 Å². The van der Waals surface area contributed by atoms with Crippen molar-refractivity contribution >= 4 is 11.9 Å². The summed E-state index contributed by atoms with van der Waals surface area (Å²) in [6.45, 7) is 3.76. The van der Waals surface area contributed by atoms with Crippen LogP contribution in [0, 0.1) is 0 Å². The van der Waals surface area contributed by atoms with Crippen LogP contribution in [0.5, 0.6) is 0 Å². The van der Waals surface area contributed by atoms with Gasteiger partial charge in [0.15, 0.2) is 0 Å². The standard InChI is InChI=1S/C14H21N3O5/c1-4-7-14(2,13(20)21)15-12(19)10-5-6-11(18)17(16-10)8-9-22-3/h5-6H,4,7-9H2,1-3H3,(H,15,19)(H,20,21). The summed E-state index contributed by atoms with van der Waals surface area (Å²) in [6.07, 6.45) is 0.890. The van der Waals surface area contributed by atoms with Crippen molar-refractivity contribution in [3.8, 4) is 0 Å². The minimum Gasteiger partial charge on any atom is -0.480 e. The fourth-order valence-electron chi connectivity index (χ4n) is 1.95. The highest BCUT2D eigenvalue weighted by atomic mass is 16.5. The van der Waals surface area contributed by atoms with Crippen molar-refractivity contribution in [2.75, 3.05) is 13.7 Å². The molecule has 1 unspecified atom stereocenters. The maximum Gasteiger partial charge on any atom is 0.329 e. The van der Waals surface area contributed by atoms with E-state index in [0.29, 0.717) is 6.42 Å². The number of aliphatic carboxylic acids is 1. The van der Waals surface area contributed by atoms with Gasteiger partial charge in [0.2, 0.25) is 0 Å². The zero-order valence-corrected chi connectivity index (χ0v) is 13.0. The van der Waals surface area contributed by atoms with Crippen LogP contribution in [-0.2, 0) is 16.1 Å². The Balaban J connectivity index is 2.98. The number of hydrogen-bond acceptors (Lipinski definition) is 5. The number of amides is 1. The molecule has 1 amide bonds. The Morgan fingerprint density at radius 2 is 2.14 bits per heavy atom. The summed E-state index contributed by atoms with van der Waals surface area (Å²) in [7, 11) is 1.49. The molecule has 0 aliphatic heterocycles. The Bertz CT molecular complexity index is 598. The van der Waals surface area contributed by atoms with E-state index in [1.807, 2.05) is 6.92 Å². The normalized spacial score (nSPS) is 13.4. The summed E-state index contributed by atoms with van der Waals surface area (Å²) in [4.78, 5) is 35.1. The molecule has 0 saturated carbocycles. The van der Waals surface area contributed by atoms with Crippen LogP contribution in [-0.4, -0.2) is 46.0 Å². The van der Waals surface area contributed by atoms with E-state index >= 15 is 0 Å². The van der Waals surface area contributed by atoms with Gasteiger partial charge in [0, 0.05) is 13.2 Å². The van der Waals surface area contributed by atoms with Crippen molar-refractivity contribution < 1.29 is 19.4 Å². The largest absolute Gasteiger partial charge is 0.480 e. The van der Waals surface area contributed by atoms with Crippen LogP contribution in [0.15, 0.2) is 16.9 Å². The minimum atomic E-state index is -1.37. The number of ether oxygens (including phenoxy) is 1. The maximum absolute atomic E-state index is 12.2. The molecule has 0 saturated heterocycles. The van der Waals surface area contributed by atoms with Crippen molar-refractivity contribution in [2.45, 2.75) is 38.8 Å². The first-order valence-corrected chi connectivity index (χ1v) is 6.97. The number of carboxylic acids is 1. The van der Waals surface area contributed by atoms with Crippen molar-refractivity contribution in [2.24, 2.45) is 0 Å². The second-order valence-corrected chi connectivity index (χ2v) is 5.11. The Morgan fingerprint density at radius 3 is 2.68 bits per heavy atom. The van der Waals surface area contributed by atoms with Crippen molar-refractivity contribution in [3.05, 3.63) is 28.2 Å². The van der Waals surface area contributed by atoms with Crippen LogP contribution in [0.1, 0.15) is 37.2 Å². The fraction of sp³-hybridized carbons (Fsp3) is 0.571. The molecule has 0 fully saturated rings. The topological polar surface area (TPSA) is 111 Å². The van der Waals surface area contributed by atoms with Gasteiger partial charge in [0.05, 0.1) is 13.2 Å². The van der Waals surface area contributed by atoms with E-state index in [4.69, 9.17) is 4.74 Å². The number of hydrogen-bond donors (Lipinski definition) is 2. The first-order valence-electron chi connectivity index (χ1n) is 6.97. The summed E-state index contributed by atoms with van der Waals surface area (Å²) in [5, 5.41) is 15.7. The van der Waals surface area contributed by atoms with Crippen molar-refractivity contribution in [3.63, 3.8) is 0 Å². The van der Waals surface area contributed by atoms with Crippen LogP contribution < -0.4 is 10.9 Å². The molecule has 1 aromatic rings. The third-order valence-corrected chi connectivity index (χ3v) is 3.22. The number of carboxylic acid groups (broad SMARTS) is 1. The van der Waals surface area contributed by atoms with E-state index in [1.165, 1.54) is 26.2 Å². The first-order chi connectivity index (χ1) is 10.3. The summed E-state index contributed by atoms with van der Waals surface area (Å²) < 4.78 is 5.97. The lowest BCUT2D eigenvalue weighted by Gasteiger charge is -2.25. The molecule has 0 aliphatic carbocycles. The molecule has 0 radical (unpaired) electrons. The third-order valence-electron chi connectivity index (χ3n) is 3.22. The maximum atomic E-state index is 12.2. The molecule has 0 bridgehead atoms. The minimum absolute atomic E-state index is 0.0146. The lowest BCUT2D eigenvalue weighted by molar-refractivity contribution is -0.144. The van der Waals surface area contributed by atoms with E-state index in [2.05, 4.69) is 10.4 Å². The highest BCUT2D eigenvalue weighted by Crippen LogP contribution is 2.13. The van der Waals surface area contributed by atoms with Crippen LogP contribution in [0.25, 0.3) is 0 Å². The molecule has 1 atom stereocenters. The number of nitrogens with zero attached hydrogens (tertiary/aromatic N) is 2. The predicted molar refractivity (Wildman–Crippen MR) is 78.8 cm³/mol. The quantitative estimate of drug-likeness (QED) is 0.712. The molecule has 0 aliphatic rings. The molecule has 0 aromatic carbocycles. The molecule has 122 valence electrons. The van der Waals surface area contributed by atoms with Gasteiger partial charge in [-0.25, -0.2) is 9.48 Å². The van der Waals surface area contributed by atoms with Gasteiger partial charge in [-0.2, -0.15) is 5.10 Å². The van der Waals surface area contributed by atoms with E-state index in [9.17, 15) is 19.5 Å². The monoisotopic (exact) mass is 311 g/mol. The molecule has 8 heteroatoms. The van der Waals surface area contributed by atoms with Crippen LogP contribution >= 0.6 is 0 Å². The average molecular weight is 311 g/mol. The first kappa shape index (κ1) is 17.8. The van der Waals surface area contributed by atoms with Crippen LogP contribution in [0.2, 0.25) is 0 Å². The molecule has 22 heavy (non-hydrogen) atoms. The molecular formula is C14H21N3O5. The van der Waals surface area contributed by atoms with E-state index < -0.39 is 17.4 Å². The van der Waals surface area contributed by atoms with Crippen LogP contribution in [0.3, 0.4) is 0 Å². The smallest absolute Gasteiger partial charge is 0.329 e. The van der Waals surface area contributed by atoms with E-state index in [0.717, 1.165) is 4.68 Å². The number of methoxy groups -OCH3 is 1. The Kier molecular flexibility index (Phi) is 6.24. The third kappa shape index (κ3) is 4.39. The Morgan fingerprint density at radius 1 is 1.45 bits per heavy atom. The SMILES string of the molecule is CCCC(C)(NC(=O)c1ccc(=O)n(CCOC)n1)C(=O)O. The molecule has 0 spiro atoms. The number of rotatable bonds is 8. The molecule has 1 aromatic heterocycles. The number of carbonyl (C=O) groups excluding carboxylic acids is 1. The zero-order chi connectivity index (χ0) is 16.8. The number of nitrogens with one attached hydrogen (secondary N) is 1. The molecule has 8 nitrogen and oxygen atoms in total. The Labute approximate surface area is 128 Å². The molecule has 1 heterocycles. The highest BCUT2D eigenvalue weighted by Gasteiger charge is 2.34. The van der Waals surface area contributed by atoms with Gasteiger partial charge in [-0.1, -0.05) is 13.3 Å². The zero-order valence-electron chi connectivity index (χ0n) is 13.0. The highest BCUT2D eigenvalue weighted by molar-refractivity contribution is 5.96. The van der Waals surface area contributed by atoms with Gasteiger partial charge in [-0.3, -0.25) is 9.59 Å². The number of aromatic nitrogens is 2.